The second-order valence-corrected chi connectivity index (χ2v) is 6.47. The topological polar surface area (TPSA) is 76.8 Å². The largest absolute Gasteiger partial charge is 0.497 e. The molecule has 1 fully saturated rings. The van der Waals surface area contributed by atoms with E-state index in [1.54, 1.807) is 49.6 Å². The molecule has 136 valence electrons. The number of likely N-dealkylation sites (N-methyl/N-ethyl adjacent to an activating group) is 1. The zero-order valence-corrected chi connectivity index (χ0v) is 14.9. The van der Waals surface area contributed by atoms with Crippen LogP contribution in [0.3, 0.4) is 0 Å². The van der Waals surface area contributed by atoms with Gasteiger partial charge in [-0.15, -0.1) is 0 Å². The summed E-state index contributed by atoms with van der Waals surface area (Å²) in [4.78, 5) is 38.2. The third-order valence-corrected chi connectivity index (χ3v) is 4.92. The highest BCUT2D eigenvalue weighted by Gasteiger charge is 2.38. The van der Waals surface area contributed by atoms with Gasteiger partial charge in [0.2, 0.25) is 11.8 Å². The second kappa shape index (κ2) is 6.39. The van der Waals surface area contributed by atoms with Crippen LogP contribution < -0.4 is 10.2 Å². The van der Waals surface area contributed by atoms with Crippen LogP contribution in [0, 0.1) is 0 Å². The predicted octanol–water partition coefficient (Wildman–Crippen LogP) is 2.94. The minimum Gasteiger partial charge on any atom is -0.497 e. The molecule has 3 aromatic rings. The molecule has 2 aromatic carbocycles. The van der Waals surface area contributed by atoms with E-state index in [1.807, 2.05) is 0 Å². The van der Waals surface area contributed by atoms with Gasteiger partial charge >= 0.3 is 0 Å². The molecule has 1 atom stereocenters. The van der Waals surface area contributed by atoms with Gasteiger partial charge in [0, 0.05) is 25.1 Å². The van der Waals surface area contributed by atoms with Gasteiger partial charge in [-0.1, -0.05) is 12.1 Å². The van der Waals surface area contributed by atoms with Crippen molar-refractivity contribution in [1.82, 2.24) is 4.90 Å². The Hall–Kier alpha value is -3.41. The summed E-state index contributed by atoms with van der Waals surface area (Å²) in [6.45, 7) is 0. The quantitative estimate of drug-likeness (QED) is 0.669. The average Bonchev–Trinajstić information content (AvgIpc) is 2.94. The number of carbonyl (C=O) groups excluding carboxylic acids is 2. The number of likely N-dealkylation sites (tertiary alicyclic amines) is 1. The molecule has 0 N–H and O–H groups in total. The van der Waals surface area contributed by atoms with Crippen LogP contribution in [-0.2, 0) is 9.59 Å². The molecule has 1 unspecified atom stereocenters. The fourth-order valence-corrected chi connectivity index (χ4v) is 3.42. The lowest BCUT2D eigenvalue weighted by Gasteiger charge is -2.12. The van der Waals surface area contributed by atoms with Crippen LogP contribution in [-0.4, -0.2) is 30.9 Å². The van der Waals surface area contributed by atoms with Gasteiger partial charge in [0.15, 0.2) is 5.43 Å². The summed E-state index contributed by atoms with van der Waals surface area (Å²) in [5, 5.41) is 0.344. The standard InChI is InChI=1S/C21H17NO5/c1-22-19(24)10-15(21(22)25)14-4-3-5-17-20(14)16(23)11-18(27-17)12-6-8-13(26-2)9-7-12/h3-9,11,15H,10H2,1-2H3. The van der Waals surface area contributed by atoms with Crippen LogP contribution in [0.2, 0.25) is 0 Å². The number of methoxy groups -OCH3 is 1. The smallest absolute Gasteiger partial charge is 0.236 e. The molecule has 6 heteroatoms. The number of hydrogen-bond acceptors (Lipinski definition) is 5. The van der Waals surface area contributed by atoms with E-state index < -0.39 is 5.92 Å². The molecule has 6 nitrogen and oxygen atoms in total. The van der Waals surface area contributed by atoms with E-state index in [1.165, 1.54) is 13.1 Å². The SMILES string of the molecule is COc1ccc(-c2cc(=O)c3c(C4CC(=O)N(C)C4=O)cccc3o2)cc1. The lowest BCUT2D eigenvalue weighted by molar-refractivity contribution is -0.137. The van der Waals surface area contributed by atoms with E-state index in [2.05, 4.69) is 0 Å². The number of nitrogens with zero attached hydrogens (tertiary/aromatic N) is 1. The third kappa shape index (κ3) is 2.79. The Balaban J connectivity index is 1.84. The van der Waals surface area contributed by atoms with Crippen molar-refractivity contribution in [3.63, 3.8) is 0 Å². The Morgan fingerprint density at radius 3 is 2.44 bits per heavy atom. The van der Waals surface area contributed by atoms with Gasteiger partial charge < -0.3 is 9.15 Å². The molecule has 0 radical (unpaired) electrons. The zero-order valence-electron chi connectivity index (χ0n) is 14.9. The first-order chi connectivity index (χ1) is 13.0. The summed E-state index contributed by atoms with van der Waals surface area (Å²) in [5.74, 6) is -0.0655. The first-order valence-corrected chi connectivity index (χ1v) is 8.51. The molecule has 0 saturated carbocycles. The van der Waals surface area contributed by atoms with Crippen molar-refractivity contribution >= 4 is 22.8 Å². The van der Waals surface area contributed by atoms with Crippen molar-refractivity contribution in [2.75, 3.05) is 14.2 Å². The fraction of sp³-hybridized carbons (Fsp3) is 0.190. The maximum Gasteiger partial charge on any atom is 0.236 e. The third-order valence-electron chi connectivity index (χ3n) is 4.92. The minimum atomic E-state index is -0.652. The molecule has 0 spiro atoms. The Bertz CT molecular complexity index is 1110. The highest BCUT2D eigenvalue weighted by molar-refractivity contribution is 6.07. The van der Waals surface area contributed by atoms with Crippen molar-refractivity contribution in [3.8, 4) is 17.1 Å². The van der Waals surface area contributed by atoms with Gasteiger partial charge in [0.05, 0.1) is 18.4 Å². The van der Waals surface area contributed by atoms with Gasteiger partial charge in [-0.2, -0.15) is 0 Å². The van der Waals surface area contributed by atoms with Crippen molar-refractivity contribution in [3.05, 3.63) is 64.3 Å². The Morgan fingerprint density at radius 1 is 1.07 bits per heavy atom. The summed E-state index contributed by atoms with van der Waals surface area (Å²) in [6, 6.07) is 13.7. The van der Waals surface area contributed by atoms with E-state index in [9.17, 15) is 14.4 Å². The molecule has 0 bridgehead atoms. The highest BCUT2D eigenvalue weighted by Crippen LogP contribution is 2.33. The number of carbonyl (C=O) groups is 2. The summed E-state index contributed by atoms with van der Waals surface area (Å²) in [6.07, 6.45) is 0.0636. The van der Waals surface area contributed by atoms with E-state index in [-0.39, 0.29) is 23.7 Å². The van der Waals surface area contributed by atoms with Crippen molar-refractivity contribution in [1.29, 1.82) is 0 Å². The van der Waals surface area contributed by atoms with Crippen LogP contribution in [0.1, 0.15) is 17.9 Å². The van der Waals surface area contributed by atoms with Gasteiger partial charge in [-0.3, -0.25) is 19.3 Å². The van der Waals surface area contributed by atoms with Crippen LogP contribution in [0.5, 0.6) is 5.75 Å². The molecule has 1 aliphatic heterocycles. The molecule has 27 heavy (non-hydrogen) atoms. The summed E-state index contributed by atoms with van der Waals surface area (Å²) >= 11 is 0. The Labute approximate surface area is 155 Å². The zero-order chi connectivity index (χ0) is 19.1. The fourth-order valence-electron chi connectivity index (χ4n) is 3.42. The van der Waals surface area contributed by atoms with Crippen LogP contribution in [0.25, 0.3) is 22.3 Å². The lowest BCUT2D eigenvalue weighted by atomic mass is 9.93. The number of rotatable bonds is 3. The second-order valence-electron chi connectivity index (χ2n) is 6.47. The number of ether oxygens (including phenoxy) is 1. The van der Waals surface area contributed by atoms with Gasteiger partial charge in [0.25, 0.3) is 0 Å². The molecule has 4 rings (SSSR count). The summed E-state index contributed by atoms with van der Waals surface area (Å²) < 4.78 is 11.1. The molecule has 2 heterocycles. The molecule has 0 aliphatic carbocycles. The summed E-state index contributed by atoms with van der Waals surface area (Å²) in [7, 11) is 3.04. The summed E-state index contributed by atoms with van der Waals surface area (Å²) in [5.41, 5.74) is 1.42. The first kappa shape index (κ1) is 17.0. The molecule has 1 saturated heterocycles. The van der Waals surface area contributed by atoms with Crippen LogP contribution in [0.4, 0.5) is 0 Å². The average molecular weight is 363 g/mol. The normalized spacial score (nSPS) is 17.0. The molecular formula is C21H17NO5. The maximum absolute atomic E-state index is 12.8. The van der Waals surface area contributed by atoms with Gasteiger partial charge in [-0.25, -0.2) is 0 Å². The van der Waals surface area contributed by atoms with E-state index in [0.29, 0.717) is 28.0 Å². The number of fused-ring (bicyclic) bond motifs is 1. The predicted molar refractivity (Wildman–Crippen MR) is 99.6 cm³/mol. The molecule has 1 aliphatic rings. The molecule has 1 aromatic heterocycles. The number of benzene rings is 2. The maximum atomic E-state index is 12.8. The van der Waals surface area contributed by atoms with Crippen molar-refractivity contribution in [2.45, 2.75) is 12.3 Å². The highest BCUT2D eigenvalue weighted by atomic mass is 16.5. The van der Waals surface area contributed by atoms with Crippen molar-refractivity contribution < 1.29 is 18.7 Å². The molecule has 2 amide bonds. The van der Waals surface area contributed by atoms with Crippen molar-refractivity contribution in [2.24, 2.45) is 0 Å². The van der Waals surface area contributed by atoms with Gasteiger partial charge in [0.1, 0.15) is 17.1 Å². The lowest BCUT2D eigenvalue weighted by Crippen LogP contribution is -2.25. The monoisotopic (exact) mass is 363 g/mol. The number of hydrogen-bond donors (Lipinski definition) is 0. The number of amides is 2. The minimum absolute atomic E-state index is 0.0636. The Morgan fingerprint density at radius 2 is 1.81 bits per heavy atom. The number of imide groups is 1. The van der Waals surface area contributed by atoms with Crippen LogP contribution >= 0.6 is 0 Å². The first-order valence-electron chi connectivity index (χ1n) is 8.51. The van der Waals surface area contributed by atoms with E-state index in [4.69, 9.17) is 9.15 Å². The van der Waals surface area contributed by atoms with Crippen LogP contribution in [0.15, 0.2) is 57.7 Å². The Kier molecular flexibility index (Phi) is 4.03. The van der Waals surface area contributed by atoms with E-state index >= 15 is 0 Å². The molecular weight excluding hydrogens is 346 g/mol. The van der Waals surface area contributed by atoms with E-state index in [0.717, 1.165) is 10.5 Å². The van der Waals surface area contributed by atoms with Gasteiger partial charge in [-0.05, 0) is 35.9 Å².